The standard InChI is InChI=1S/C20H32ClN3O4S/c1-14(2)28-19(25)24-11-7-9-16(23-29(26,27)13-21)17(24)12-15-8-6-10-18(22-15)20(3,4)5/h6,8,10,14,16-17,23H,7,9,11-13H2,1-5H3. The summed E-state index contributed by atoms with van der Waals surface area (Å²) in [5, 5.41) is -0.523. The molecule has 2 atom stereocenters. The van der Waals surface area contributed by atoms with Gasteiger partial charge in [-0.05, 0) is 38.8 Å². The lowest BCUT2D eigenvalue weighted by Crippen LogP contribution is -2.58. The van der Waals surface area contributed by atoms with Crippen LogP contribution < -0.4 is 4.72 Å². The van der Waals surface area contributed by atoms with E-state index in [0.717, 1.165) is 11.4 Å². The summed E-state index contributed by atoms with van der Waals surface area (Å²) in [7, 11) is -3.63. The van der Waals surface area contributed by atoms with E-state index >= 15 is 0 Å². The van der Waals surface area contributed by atoms with Gasteiger partial charge in [0.2, 0.25) is 10.0 Å². The fourth-order valence-corrected chi connectivity index (χ4v) is 4.42. The first-order valence-corrected chi connectivity index (χ1v) is 12.1. The number of ether oxygens (including phenoxy) is 1. The summed E-state index contributed by atoms with van der Waals surface area (Å²) in [5.74, 6) is 0. The number of amides is 1. The van der Waals surface area contributed by atoms with Gasteiger partial charge in [0.05, 0.1) is 12.1 Å². The second-order valence-corrected chi connectivity index (χ2v) is 11.1. The largest absolute Gasteiger partial charge is 0.447 e. The molecule has 1 N–H and O–H groups in total. The van der Waals surface area contributed by atoms with Crippen LogP contribution in [-0.4, -0.2) is 54.3 Å². The van der Waals surface area contributed by atoms with Crippen LogP contribution in [0.2, 0.25) is 0 Å². The SMILES string of the molecule is CC(C)OC(=O)N1CCCC(NS(=O)(=O)CCl)C1Cc1cccc(C(C)(C)C)n1. The molecule has 29 heavy (non-hydrogen) atoms. The van der Waals surface area contributed by atoms with Crippen LogP contribution in [0.3, 0.4) is 0 Å². The fourth-order valence-electron chi connectivity index (χ4n) is 3.43. The monoisotopic (exact) mass is 445 g/mol. The van der Waals surface area contributed by atoms with E-state index in [9.17, 15) is 13.2 Å². The minimum Gasteiger partial charge on any atom is -0.447 e. The van der Waals surface area contributed by atoms with Crippen LogP contribution >= 0.6 is 11.6 Å². The minimum atomic E-state index is -3.63. The number of hydrogen-bond acceptors (Lipinski definition) is 5. The number of sulfonamides is 1. The summed E-state index contributed by atoms with van der Waals surface area (Å²) in [6.07, 6.45) is 1.02. The first-order valence-electron chi connectivity index (χ1n) is 9.92. The van der Waals surface area contributed by atoms with Gasteiger partial charge in [-0.15, -0.1) is 11.6 Å². The maximum absolute atomic E-state index is 12.7. The van der Waals surface area contributed by atoms with Crippen molar-refractivity contribution >= 4 is 27.7 Å². The smallest absolute Gasteiger partial charge is 0.410 e. The zero-order chi connectivity index (χ0) is 21.8. The molecule has 2 unspecified atom stereocenters. The van der Waals surface area contributed by atoms with Gasteiger partial charge in [0.1, 0.15) is 5.21 Å². The van der Waals surface area contributed by atoms with E-state index in [2.05, 4.69) is 25.5 Å². The number of alkyl halides is 1. The highest BCUT2D eigenvalue weighted by Gasteiger charge is 2.37. The molecule has 1 aliphatic rings. The Bertz CT molecular complexity index is 808. The van der Waals surface area contributed by atoms with Crippen LogP contribution in [0.5, 0.6) is 0 Å². The average molecular weight is 446 g/mol. The van der Waals surface area contributed by atoms with Crippen LogP contribution in [0.4, 0.5) is 4.79 Å². The van der Waals surface area contributed by atoms with E-state index in [-0.39, 0.29) is 11.5 Å². The minimum absolute atomic E-state index is 0.113. The predicted molar refractivity (Wildman–Crippen MR) is 115 cm³/mol. The molecule has 2 rings (SSSR count). The summed E-state index contributed by atoms with van der Waals surface area (Å²) < 4.78 is 32.3. The Morgan fingerprint density at radius 2 is 2.07 bits per heavy atom. The molecule has 1 aromatic heterocycles. The Morgan fingerprint density at radius 1 is 1.38 bits per heavy atom. The Labute approximate surface area is 179 Å². The maximum Gasteiger partial charge on any atom is 0.410 e. The van der Waals surface area contributed by atoms with Gasteiger partial charge in [-0.1, -0.05) is 26.8 Å². The topological polar surface area (TPSA) is 88.6 Å². The predicted octanol–water partition coefficient (Wildman–Crippen LogP) is 3.42. The lowest BCUT2D eigenvalue weighted by molar-refractivity contribution is 0.0459. The van der Waals surface area contributed by atoms with Gasteiger partial charge in [-0.25, -0.2) is 17.9 Å². The van der Waals surface area contributed by atoms with Crippen molar-refractivity contribution in [2.45, 2.75) is 77.5 Å². The number of carbonyl (C=O) groups excluding carboxylic acids is 1. The van der Waals surface area contributed by atoms with Crippen LogP contribution in [0, 0.1) is 0 Å². The van der Waals surface area contributed by atoms with E-state index in [4.69, 9.17) is 21.3 Å². The summed E-state index contributed by atoms with van der Waals surface area (Å²) in [6.45, 7) is 10.3. The molecule has 2 heterocycles. The van der Waals surface area contributed by atoms with Crippen LogP contribution in [0.1, 0.15) is 58.8 Å². The highest BCUT2D eigenvalue weighted by atomic mass is 35.5. The molecule has 1 saturated heterocycles. The highest BCUT2D eigenvalue weighted by molar-refractivity contribution is 7.90. The third kappa shape index (κ3) is 6.83. The van der Waals surface area contributed by atoms with Crippen molar-refractivity contribution in [3.05, 3.63) is 29.6 Å². The van der Waals surface area contributed by atoms with Gasteiger partial charge in [0.25, 0.3) is 0 Å². The summed E-state index contributed by atoms with van der Waals surface area (Å²) >= 11 is 5.59. The Morgan fingerprint density at radius 3 is 2.66 bits per heavy atom. The molecule has 0 spiro atoms. The van der Waals surface area contributed by atoms with Crippen molar-refractivity contribution in [3.63, 3.8) is 0 Å². The summed E-state index contributed by atoms with van der Waals surface area (Å²) in [5.41, 5.74) is 1.64. The molecule has 0 bridgehead atoms. The van der Waals surface area contributed by atoms with E-state index < -0.39 is 33.4 Å². The number of halogens is 1. The number of piperidine rings is 1. The third-order valence-electron chi connectivity index (χ3n) is 4.82. The number of nitrogens with zero attached hydrogens (tertiary/aromatic N) is 2. The number of hydrogen-bond donors (Lipinski definition) is 1. The molecule has 1 aliphatic heterocycles. The van der Waals surface area contributed by atoms with E-state index in [1.54, 1.807) is 18.7 Å². The molecule has 0 saturated carbocycles. The number of likely N-dealkylation sites (tertiary alicyclic amines) is 1. The molecule has 0 aliphatic carbocycles. The van der Waals surface area contributed by atoms with Crippen molar-refractivity contribution < 1.29 is 17.9 Å². The molecule has 9 heteroatoms. The number of pyridine rings is 1. The Kier molecular flexibility index (Phi) is 7.93. The summed E-state index contributed by atoms with van der Waals surface area (Å²) in [6, 6.07) is 4.97. The molecular formula is C20H32ClN3O4S. The van der Waals surface area contributed by atoms with Crippen LogP contribution in [0.25, 0.3) is 0 Å². The van der Waals surface area contributed by atoms with Gasteiger partial charge in [-0.3, -0.25) is 4.98 Å². The highest BCUT2D eigenvalue weighted by Crippen LogP contribution is 2.25. The normalized spacial score (nSPS) is 20.7. The van der Waals surface area contributed by atoms with Crippen LogP contribution in [0.15, 0.2) is 18.2 Å². The lowest BCUT2D eigenvalue weighted by Gasteiger charge is -2.41. The van der Waals surface area contributed by atoms with Gasteiger partial charge in [-0.2, -0.15) is 0 Å². The maximum atomic E-state index is 12.7. The van der Waals surface area contributed by atoms with E-state index in [1.807, 2.05) is 18.2 Å². The molecule has 1 aromatic rings. The zero-order valence-electron chi connectivity index (χ0n) is 17.8. The van der Waals surface area contributed by atoms with Crippen molar-refractivity contribution in [3.8, 4) is 0 Å². The molecule has 0 aromatic carbocycles. The Balaban J connectivity index is 2.35. The number of nitrogens with one attached hydrogen (secondary N) is 1. The van der Waals surface area contributed by atoms with Crippen LogP contribution in [-0.2, 0) is 26.6 Å². The van der Waals surface area contributed by atoms with Gasteiger partial charge >= 0.3 is 6.09 Å². The van der Waals surface area contributed by atoms with Crippen molar-refractivity contribution in [2.24, 2.45) is 0 Å². The molecule has 1 fully saturated rings. The first kappa shape index (κ1) is 23.9. The van der Waals surface area contributed by atoms with Gasteiger partial charge in [0, 0.05) is 35.8 Å². The van der Waals surface area contributed by atoms with E-state index in [0.29, 0.717) is 25.8 Å². The summed E-state index contributed by atoms with van der Waals surface area (Å²) in [4.78, 5) is 19.1. The fraction of sp³-hybridized carbons (Fsp3) is 0.700. The Hall–Kier alpha value is -1.38. The second-order valence-electron chi connectivity index (χ2n) is 8.75. The van der Waals surface area contributed by atoms with Crippen molar-refractivity contribution in [1.82, 2.24) is 14.6 Å². The van der Waals surface area contributed by atoms with Crippen molar-refractivity contribution in [1.29, 1.82) is 0 Å². The molecule has 1 amide bonds. The quantitative estimate of drug-likeness (QED) is 0.677. The van der Waals surface area contributed by atoms with Gasteiger partial charge in [0.15, 0.2) is 0 Å². The number of carbonyl (C=O) groups is 1. The molecule has 164 valence electrons. The number of aromatic nitrogens is 1. The lowest BCUT2D eigenvalue weighted by atomic mass is 9.90. The average Bonchev–Trinajstić information content (AvgIpc) is 2.62. The molecular weight excluding hydrogens is 414 g/mol. The molecule has 7 nitrogen and oxygen atoms in total. The zero-order valence-corrected chi connectivity index (χ0v) is 19.4. The number of rotatable bonds is 6. The third-order valence-corrected chi connectivity index (χ3v) is 6.63. The van der Waals surface area contributed by atoms with Gasteiger partial charge < -0.3 is 9.64 Å². The first-order chi connectivity index (χ1) is 13.4. The second kappa shape index (κ2) is 9.62. The molecule has 0 radical (unpaired) electrons. The van der Waals surface area contributed by atoms with Crippen molar-refractivity contribution in [2.75, 3.05) is 11.8 Å². The van der Waals surface area contributed by atoms with E-state index in [1.165, 1.54) is 0 Å².